The minimum Gasteiger partial charge on any atom is -0.453 e. The molecule has 0 saturated heterocycles. The molecule has 0 heterocycles. The Kier molecular flexibility index (Phi) is 3.49. The van der Waals surface area contributed by atoms with Gasteiger partial charge in [-0.2, -0.15) is 0 Å². The molecule has 92 valence electrons. The molecule has 0 unspecified atom stereocenters. The van der Waals surface area contributed by atoms with Gasteiger partial charge in [0.15, 0.2) is 0 Å². The molecule has 1 fully saturated rings. The van der Waals surface area contributed by atoms with Gasteiger partial charge in [0.25, 0.3) is 0 Å². The van der Waals surface area contributed by atoms with E-state index in [1.807, 2.05) is 24.3 Å². The van der Waals surface area contributed by atoms with Crippen LogP contribution in [0.1, 0.15) is 12.8 Å². The molecule has 2 rings (SSSR count). The number of carbonyl (C=O) groups is 1. The number of anilines is 2. The lowest BCUT2D eigenvalue weighted by atomic mass is 9.87. The summed E-state index contributed by atoms with van der Waals surface area (Å²) in [6.07, 6.45) is 1.57. The van der Waals surface area contributed by atoms with E-state index < -0.39 is 6.09 Å². The minimum absolute atomic E-state index is 0.341. The lowest BCUT2D eigenvalue weighted by Gasteiger charge is -2.33. The molecule has 1 aromatic rings. The summed E-state index contributed by atoms with van der Waals surface area (Å²) in [5.74, 6) is 0. The van der Waals surface area contributed by atoms with Crippen LogP contribution in [0.4, 0.5) is 16.2 Å². The second kappa shape index (κ2) is 5.05. The molecule has 0 atom stereocenters. The molecule has 1 saturated carbocycles. The minimum atomic E-state index is -0.462. The SMILES string of the molecule is COC(=O)Nc1ccc(NC2CC(N)C2)cc1. The summed E-state index contributed by atoms with van der Waals surface area (Å²) in [4.78, 5) is 11.0. The van der Waals surface area contributed by atoms with E-state index in [0.29, 0.717) is 17.8 Å². The van der Waals surface area contributed by atoms with Gasteiger partial charge in [-0.25, -0.2) is 4.79 Å². The molecule has 5 nitrogen and oxygen atoms in total. The molecule has 4 N–H and O–H groups in total. The third kappa shape index (κ3) is 3.10. The highest BCUT2D eigenvalue weighted by Gasteiger charge is 2.25. The molecule has 0 spiro atoms. The topological polar surface area (TPSA) is 76.4 Å². The van der Waals surface area contributed by atoms with Gasteiger partial charge < -0.3 is 15.8 Å². The molecule has 1 aromatic carbocycles. The van der Waals surface area contributed by atoms with Gasteiger partial charge in [-0.05, 0) is 37.1 Å². The molecule has 0 bridgehead atoms. The number of methoxy groups -OCH3 is 1. The van der Waals surface area contributed by atoms with Crippen molar-refractivity contribution in [2.24, 2.45) is 5.73 Å². The first-order valence-corrected chi connectivity index (χ1v) is 5.64. The fraction of sp³-hybridized carbons (Fsp3) is 0.417. The molecule has 17 heavy (non-hydrogen) atoms. The first kappa shape index (κ1) is 11.7. The van der Waals surface area contributed by atoms with Crippen LogP contribution in [-0.4, -0.2) is 25.3 Å². The summed E-state index contributed by atoms with van der Waals surface area (Å²) in [5, 5.41) is 5.98. The van der Waals surface area contributed by atoms with Crippen LogP contribution in [0.15, 0.2) is 24.3 Å². The van der Waals surface area contributed by atoms with E-state index in [9.17, 15) is 4.79 Å². The summed E-state index contributed by atoms with van der Waals surface area (Å²) in [7, 11) is 1.34. The summed E-state index contributed by atoms with van der Waals surface area (Å²) in [6.45, 7) is 0. The average molecular weight is 235 g/mol. The van der Waals surface area contributed by atoms with Crippen molar-refractivity contribution in [1.82, 2.24) is 0 Å². The van der Waals surface area contributed by atoms with Crippen LogP contribution >= 0.6 is 0 Å². The second-order valence-electron chi connectivity index (χ2n) is 4.27. The van der Waals surface area contributed by atoms with Gasteiger partial charge in [-0.1, -0.05) is 0 Å². The maximum atomic E-state index is 11.0. The number of nitrogens with two attached hydrogens (primary N) is 1. The number of hydrogen-bond acceptors (Lipinski definition) is 4. The zero-order valence-corrected chi connectivity index (χ0v) is 9.77. The molecular weight excluding hydrogens is 218 g/mol. The Morgan fingerprint density at radius 2 is 1.88 bits per heavy atom. The molecule has 5 heteroatoms. The Labute approximate surface area is 100 Å². The van der Waals surface area contributed by atoms with Gasteiger partial charge >= 0.3 is 6.09 Å². The Morgan fingerprint density at radius 3 is 2.41 bits per heavy atom. The smallest absolute Gasteiger partial charge is 0.411 e. The van der Waals surface area contributed by atoms with Gasteiger partial charge in [0.2, 0.25) is 0 Å². The van der Waals surface area contributed by atoms with E-state index in [0.717, 1.165) is 18.5 Å². The maximum Gasteiger partial charge on any atom is 0.411 e. The third-order valence-corrected chi connectivity index (χ3v) is 2.86. The van der Waals surface area contributed by atoms with Crippen LogP contribution in [0.3, 0.4) is 0 Å². The number of carbonyl (C=O) groups excluding carboxylic acids is 1. The number of nitrogens with one attached hydrogen (secondary N) is 2. The third-order valence-electron chi connectivity index (χ3n) is 2.86. The number of ether oxygens (including phenoxy) is 1. The van der Waals surface area contributed by atoms with Crippen molar-refractivity contribution in [3.05, 3.63) is 24.3 Å². The lowest BCUT2D eigenvalue weighted by Crippen LogP contribution is -2.44. The molecule has 1 amide bonds. The van der Waals surface area contributed by atoms with E-state index in [1.165, 1.54) is 7.11 Å². The number of amides is 1. The number of hydrogen-bond donors (Lipinski definition) is 3. The van der Waals surface area contributed by atoms with E-state index in [4.69, 9.17) is 5.73 Å². The van der Waals surface area contributed by atoms with E-state index in [1.54, 1.807) is 0 Å². The van der Waals surface area contributed by atoms with Gasteiger partial charge in [0.1, 0.15) is 0 Å². The van der Waals surface area contributed by atoms with Gasteiger partial charge in [0.05, 0.1) is 7.11 Å². The highest BCUT2D eigenvalue weighted by Crippen LogP contribution is 2.23. The van der Waals surface area contributed by atoms with Gasteiger partial charge in [-0.15, -0.1) is 0 Å². The fourth-order valence-electron chi connectivity index (χ4n) is 1.83. The molecule has 0 aromatic heterocycles. The zero-order valence-electron chi connectivity index (χ0n) is 9.77. The molecular formula is C12H17N3O2. The largest absolute Gasteiger partial charge is 0.453 e. The predicted molar refractivity (Wildman–Crippen MR) is 67.1 cm³/mol. The molecule has 0 aliphatic heterocycles. The first-order chi connectivity index (χ1) is 8.17. The van der Waals surface area contributed by atoms with Crippen LogP contribution in [-0.2, 0) is 4.74 Å². The van der Waals surface area contributed by atoms with Crippen LogP contribution in [0.5, 0.6) is 0 Å². The first-order valence-electron chi connectivity index (χ1n) is 5.64. The van der Waals surface area contributed by atoms with Crippen molar-refractivity contribution in [3.63, 3.8) is 0 Å². The monoisotopic (exact) mass is 235 g/mol. The van der Waals surface area contributed by atoms with Crippen molar-refractivity contribution in [2.45, 2.75) is 24.9 Å². The fourth-order valence-corrected chi connectivity index (χ4v) is 1.83. The van der Waals surface area contributed by atoms with Crippen LogP contribution in [0.25, 0.3) is 0 Å². The summed E-state index contributed by atoms with van der Waals surface area (Å²) >= 11 is 0. The number of rotatable bonds is 3. The van der Waals surface area contributed by atoms with E-state index in [-0.39, 0.29) is 0 Å². The second-order valence-corrected chi connectivity index (χ2v) is 4.27. The van der Waals surface area contributed by atoms with Crippen molar-refractivity contribution in [3.8, 4) is 0 Å². The normalized spacial score (nSPS) is 22.5. The summed E-state index contributed by atoms with van der Waals surface area (Å²) < 4.78 is 4.51. The van der Waals surface area contributed by atoms with Gasteiger partial charge in [0, 0.05) is 23.5 Å². The van der Waals surface area contributed by atoms with E-state index in [2.05, 4.69) is 15.4 Å². The Bertz CT molecular complexity index is 385. The quantitative estimate of drug-likeness (QED) is 0.746. The zero-order chi connectivity index (χ0) is 12.3. The summed E-state index contributed by atoms with van der Waals surface area (Å²) in [5.41, 5.74) is 7.47. The molecule has 1 aliphatic carbocycles. The van der Waals surface area contributed by atoms with Crippen molar-refractivity contribution in [2.75, 3.05) is 17.7 Å². The van der Waals surface area contributed by atoms with E-state index >= 15 is 0 Å². The van der Waals surface area contributed by atoms with Crippen molar-refractivity contribution >= 4 is 17.5 Å². The Balaban J connectivity index is 1.87. The highest BCUT2D eigenvalue weighted by atomic mass is 16.5. The summed E-state index contributed by atoms with van der Waals surface area (Å²) in [6, 6.07) is 8.33. The lowest BCUT2D eigenvalue weighted by molar-refractivity contribution is 0.187. The highest BCUT2D eigenvalue weighted by molar-refractivity contribution is 5.84. The van der Waals surface area contributed by atoms with Crippen molar-refractivity contribution in [1.29, 1.82) is 0 Å². The maximum absolute atomic E-state index is 11.0. The molecule has 1 aliphatic rings. The van der Waals surface area contributed by atoms with Crippen LogP contribution in [0, 0.1) is 0 Å². The van der Waals surface area contributed by atoms with Gasteiger partial charge in [-0.3, -0.25) is 5.32 Å². The number of benzene rings is 1. The predicted octanol–water partition coefficient (Wildman–Crippen LogP) is 1.77. The standard InChI is InChI=1S/C12H17N3O2/c1-17-12(16)15-10-4-2-9(3-5-10)14-11-6-8(13)7-11/h2-5,8,11,14H,6-7,13H2,1H3,(H,15,16). The molecule has 0 radical (unpaired) electrons. The Morgan fingerprint density at radius 1 is 1.29 bits per heavy atom. The van der Waals surface area contributed by atoms with Crippen LogP contribution < -0.4 is 16.4 Å². The van der Waals surface area contributed by atoms with Crippen molar-refractivity contribution < 1.29 is 9.53 Å². The average Bonchev–Trinajstić information content (AvgIpc) is 2.29. The van der Waals surface area contributed by atoms with Crippen LogP contribution in [0.2, 0.25) is 0 Å². The Hall–Kier alpha value is -1.75.